The highest BCUT2D eigenvalue weighted by Crippen LogP contribution is 2.14. The molecule has 0 spiro atoms. The van der Waals surface area contributed by atoms with E-state index in [0.717, 1.165) is 58.2 Å². The summed E-state index contributed by atoms with van der Waals surface area (Å²) < 4.78 is 71.0. The van der Waals surface area contributed by atoms with Crippen molar-refractivity contribution in [2.24, 2.45) is 0 Å². The second kappa shape index (κ2) is 77.2. The molecule has 88 heavy (non-hydrogen) atoms. The first-order valence-electron chi connectivity index (χ1n) is 35.6. The van der Waals surface area contributed by atoms with E-state index in [4.69, 9.17) is 61.6 Å². The lowest BCUT2D eigenvalue weighted by molar-refractivity contribution is -0.145. The van der Waals surface area contributed by atoms with Crippen molar-refractivity contribution in [2.75, 3.05) is 185 Å². The topological polar surface area (TPSA) is 174 Å². The molecule has 520 valence electrons. The van der Waals surface area contributed by atoms with Gasteiger partial charge in [0.05, 0.1) is 152 Å². The average molecular weight is 1260 g/mol. The minimum atomic E-state index is -0.241. The van der Waals surface area contributed by atoms with Crippen LogP contribution in [0.2, 0.25) is 0 Å². The minimum absolute atomic E-state index is 0.194. The van der Waals surface area contributed by atoms with Crippen molar-refractivity contribution in [2.45, 2.75) is 232 Å². The molecule has 0 heterocycles. The van der Waals surface area contributed by atoms with E-state index in [1.54, 1.807) is 7.11 Å². The molecule has 0 atom stereocenters. The molecule has 0 aliphatic heterocycles. The van der Waals surface area contributed by atoms with Crippen LogP contribution in [0.1, 0.15) is 232 Å². The van der Waals surface area contributed by atoms with Crippen LogP contribution in [0.4, 0.5) is 0 Å². The maximum Gasteiger partial charge on any atom is 0.305 e. The Balaban J connectivity index is 4.05. The SMILES string of the molecule is CCCCCCCC/C=C\CCCCCCCC(=O)CCCN(CCCC(=O)CCCCCCC/C=C\CCCCCCCC)CCCC(=O)OCCOCCOCCOCCOCCOCCOCCOCCOCCOCCOCCOCCOC. The zero-order valence-corrected chi connectivity index (χ0v) is 56.9. The van der Waals surface area contributed by atoms with E-state index in [-0.39, 0.29) is 12.6 Å². The number of ether oxygens (including phenoxy) is 13. The van der Waals surface area contributed by atoms with E-state index in [1.165, 1.54) is 141 Å². The second-order valence-electron chi connectivity index (χ2n) is 22.8. The van der Waals surface area contributed by atoms with Crippen molar-refractivity contribution in [1.82, 2.24) is 4.90 Å². The summed E-state index contributed by atoms with van der Waals surface area (Å²) in [6, 6.07) is 0. The van der Waals surface area contributed by atoms with Crippen molar-refractivity contribution < 1.29 is 76.0 Å². The lowest BCUT2D eigenvalue weighted by atomic mass is 10.0. The number of esters is 1. The third-order valence-electron chi connectivity index (χ3n) is 14.8. The molecule has 0 aromatic rings. The highest BCUT2D eigenvalue weighted by atomic mass is 16.6. The van der Waals surface area contributed by atoms with Gasteiger partial charge in [0.1, 0.15) is 18.2 Å². The van der Waals surface area contributed by atoms with Gasteiger partial charge in [-0.15, -0.1) is 0 Å². The predicted octanol–water partition coefficient (Wildman–Crippen LogP) is 14.2. The fourth-order valence-electron chi connectivity index (χ4n) is 9.55. The molecule has 0 N–H and O–H groups in total. The zero-order chi connectivity index (χ0) is 63.5. The molecule has 0 aliphatic rings. The largest absolute Gasteiger partial charge is 0.463 e. The Kier molecular flexibility index (Phi) is 75.3. The quantitative estimate of drug-likeness (QED) is 0.0319. The zero-order valence-electron chi connectivity index (χ0n) is 56.9. The van der Waals surface area contributed by atoms with E-state index in [2.05, 4.69) is 43.1 Å². The monoisotopic (exact) mass is 1260 g/mol. The van der Waals surface area contributed by atoms with Gasteiger partial charge in [0.25, 0.3) is 0 Å². The van der Waals surface area contributed by atoms with E-state index < -0.39 is 0 Å². The highest BCUT2D eigenvalue weighted by molar-refractivity contribution is 5.78. The highest BCUT2D eigenvalue weighted by Gasteiger charge is 2.12. The fourth-order valence-corrected chi connectivity index (χ4v) is 9.55. The van der Waals surface area contributed by atoms with Gasteiger partial charge in [-0.1, -0.05) is 141 Å². The normalized spacial score (nSPS) is 11.9. The first-order valence-corrected chi connectivity index (χ1v) is 35.6. The predicted molar refractivity (Wildman–Crippen MR) is 355 cm³/mol. The van der Waals surface area contributed by atoms with Crippen LogP contribution in [0.3, 0.4) is 0 Å². The van der Waals surface area contributed by atoms with E-state index in [9.17, 15) is 14.4 Å². The smallest absolute Gasteiger partial charge is 0.305 e. The van der Waals surface area contributed by atoms with Crippen LogP contribution in [0.5, 0.6) is 0 Å². The van der Waals surface area contributed by atoms with Gasteiger partial charge in [0.2, 0.25) is 0 Å². The number of unbranched alkanes of at least 4 members (excludes halogenated alkanes) is 22. The number of hydrogen-bond acceptors (Lipinski definition) is 17. The Hall–Kier alpha value is -2.23. The molecule has 0 aromatic carbocycles. The van der Waals surface area contributed by atoms with Crippen LogP contribution in [0.15, 0.2) is 24.3 Å². The van der Waals surface area contributed by atoms with E-state index in [0.29, 0.717) is 202 Å². The van der Waals surface area contributed by atoms with Crippen LogP contribution in [0.25, 0.3) is 0 Å². The molecule has 0 rings (SSSR count). The molecule has 0 unspecified atom stereocenters. The van der Waals surface area contributed by atoms with Crippen molar-refractivity contribution in [3.8, 4) is 0 Å². The summed E-state index contributed by atoms with van der Waals surface area (Å²) in [6.07, 6.45) is 47.1. The molecular formula is C71H135NO16. The number of allylic oxidation sites excluding steroid dienone is 4. The molecule has 0 aromatic heterocycles. The molecule has 0 saturated carbocycles. The average Bonchev–Trinajstić information content (AvgIpc) is 3.53. The molecule has 0 aliphatic carbocycles. The number of hydrogen-bond donors (Lipinski definition) is 0. The van der Waals surface area contributed by atoms with Gasteiger partial charge in [-0.2, -0.15) is 0 Å². The van der Waals surface area contributed by atoms with Gasteiger partial charge in [-0.05, 0) is 103 Å². The lowest BCUT2D eigenvalue weighted by Gasteiger charge is -2.22. The maximum atomic E-state index is 12.8. The lowest BCUT2D eigenvalue weighted by Crippen LogP contribution is -2.28. The Morgan fingerprint density at radius 1 is 0.261 bits per heavy atom. The molecule has 0 saturated heterocycles. The third kappa shape index (κ3) is 74.5. The number of rotatable bonds is 78. The Bertz CT molecular complexity index is 1400. The van der Waals surface area contributed by atoms with Gasteiger partial charge in [0, 0.05) is 39.2 Å². The molecule has 17 nitrogen and oxygen atoms in total. The molecule has 0 fully saturated rings. The number of Topliss-reactive ketones (excluding diaryl/α,β-unsaturated/α-hetero) is 2. The molecule has 17 heteroatoms. The molecule has 0 bridgehead atoms. The summed E-state index contributed by atoms with van der Waals surface area (Å²) in [6.45, 7) is 18.2. The molecule has 0 amide bonds. The Morgan fingerprint density at radius 2 is 0.489 bits per heavy atom. The Labute approximate surface area is 538 Å². The number of ketones is 2. The minimum Gasteiger partial charge on any atom is -0.463 e. The molecule has 0 radical (unpaired) electrons. The van der Waals surface area contributed by atoms with Crippen molar-refractivity contribution >= 4 is 17.5 Å². The summed E-state index contributed by atoms with van der Waals surface area (Å²) in [4.78, 5) is 40.6. The van der Waals surface area contributed by atoms with Crippen LogP contribution < -0.4 is 0 Å². The van der Waals surface area contributed by atoms with Crippen LogP contribution in [-0.4, -0.2) is 208 Å². The van der Waals surface area contributed by atoms with Gasteiger partial charge in [-0.3, -0.25) is 14.4 Å². The van der Waals surface area contributed by atoms with Crippen molar-refractivity contribution in [3.05, 3.63) is 24.3 Å². The van der Waals surface area contributed by atoms with E-state index in [1.807, 2.05) is 0 Å². The van der Waals surface area contributed by atoms with Crippen LogP contribution in [-0.2, 0) is 76.0 Å². The summed E-state index contributed by atoms with van der Waals surface area (Å²) >= 11 is 0. The maximum absolute atomic E-state index is 12.8. The first kappa shape index (κ1) is 85.8. The Morgan fingerprint density at radius 3 is 0.773 bits per heavy atom. The summed E-state index contributed by atoms with van der Waals surface area (Å²) in [7, 11) is 1.65. The second-order valence-corrected chi connectivity index (χ2v) is 22.8. The summed E-state index contributed by atoms with van der Waals surface area (Å²) in [5.41, 5.74) is 0. The number of nitrogens with zero attached hydrogens (tertiary/aromatic N) is 1. The van der Waals surface area contributed by atoms with Crippen molar-refractivity contribution in [1.29, 1.82) is 0 Å². The number of carbonyl (C=O) groups excluding carboxylic acids is 3. The van der Waals surface area contributed by atoms with Gasteiger partial charge < -0.3 is 66.5 Å². The van der Waals surface area contributed by atoms with Crippen LogP contribution >= 0.6 is 0 Å². The summed E-state index contributed by atoms with van der Waals surface area (Å²) in [5.74, 6) is 0.455. The first-order chi connectivity index (χ1) is 43.5. The van der Waals surface area contributed by atoms with Crippen LogP contribution in [0, 0.1) is 0 Å². The summed E-state index contributed by atoms with van der Waals surface area (Å²) in [5, 5.41) is 0. The number of carbonyl (C=O) groups is 3. The van der Waals surface area contributed by atoms with Gasteiger partial charge in [-0.25, -0.2) is 0 Å². The van der Waals surface area contributed by atoms with Gasteiger partial charge in [0.15, 0.2) is 0 Å². The van der Waals surface area contributed by atoms with Gasteiger partial charge >= 0.3 is 5.97 Å². The molecular weight excluding hydrogens is 1120 g/mol. The fraction of sp³-hybridized carbons (Fsp3) is 0.901. The van der Waals surface area contributed by atoms with Crippen molar-refractivity contribution in [3.63, 3.8) is 0 Å². The number of methoxy groups -OCH3 is 1. The van der Waals surface area contributed by atoms with E-state index >= 15 is 0 Å². The standard InChI is InChI=1S/C71H135NO16/c1-4-6-8-10-12-14-16-18-20-22-24-26-28-30-32-37-69(73)39-34-42-72(43-35-40-70(74)38-33-31-29-27-25-23-21-19-17-15-13-11-9-7-5-2)44-36-41-71(75)88-68-67-87-66-65-86-64-63-85-62-61-84-60-59-83-58-57-82-56-55-81-54-53-80-52-51-79-50-49-78-48-47-77-46-45-76-3/h18-21H,4-17,22-68H2,1-3H3/b20-18-,21-19-. The third-order valence-corrected chi connectivity index (χ3v) is 14.8.